The number of ether oxygens (including phenoxy) is 2. The van der Waals surface area contributed by atoms with Crippen molar-refractivity contribution in [2.75, 3.05) is 7.11 Å². The van der Waals surface area contributed by atoms with Crippen molar-refractivity contribution in [3.8, 4) is 22.9 Å². The summed E-state index contributed by atoms with van der Waals surface area (Å²) < 4.78 is 26.4. The maximum Gasteiger partial charge on any atom is 0.219 e. The number of benzene rings is 1. The summed E-state index contributed by atoms with van der Waals surface area (Å²) in [7, 11) is 3.36. The molecule has 0 amide bonds. The van der Waals surface area contributed by atoms with Crippen LogP contribution in [0.15, 0.2) is 48.8 Å². The minimum absolute atomic E-state index is 0.238. The molecule has 0 radical (unpaired) electrons. The lowest BCUT2D eigenvalue weighted by atomic mass is 10.1. The van der Waals surface area contributed by atoms with E-state index in [4.69, 9.17) is 9.47 Å². The first-order valence-corrected chi connectivity index (χ1v) is 7.07. The Bertz CT molecular complexity index is 817. The van der Waals surface area contributed by atoms with Crippen molar-refractivity contribution in [2.45, 2.75) is 6.61 Å². The Kier molecular flexibility index (Phi) is 4.23. The molecule has 2 heterocycles. The Balaban J connectivity index is 1.82. The van der Waals surface area contributed by atoms with Crippen molar-refractivity contribution in [1.29, 1.82) is 0 Å². The molecule has 0 unspecified atom stereocenters. The van der Waals surface area contributed by atoms with Crippen molar-refractivity contribution in [2.24, 2.45) is 7.05 Å². The minimum Gasteiger partial charge on any atom is -0.489 e. The van der Waals surface area contributed by atoms with E-state index in [1.54, 1.807) is 36.3 Å². The largest absolute Gasteiger partial charge is 0.489 e. The van der Waals surface area contributed by atoms with Gasteiger partial charge in [-0.1, -0.05) is 0 Å². The van der Waals surface area contributed by atoms with Crippen molar-refractivity contribution in [3.05, 3.63) is 60.2 Å². The molecule has 0 spiro atoms. The Morgan fingerprint density at radius 1 is 1.22 bits per heavy atom. The van der Waals surface area contributed by atoms with Gasteiger partial charge >= 0.3 is 0 Å². The first-order chi connectivity index (χ1) is 11.2. The van der Waals surface area contributed by atoms with E-state index in [2.05, 4.69) is 10.1 Å². The molecule has 3 rings (SSSR count). The zero-order chi connectivity index (χ0) is 16.2. The lowest BCUT2D eigenvalue weighted by Gasteiger charge is -2.10. The molecule has 6 heteroatoms. The highest BCUT2D eigenvalue weighted by Crippen LogP contribution is 2.25. The topological polar surface area (TPSA) is 49.2 Å². The number of hydrogen-bond acceptors (Lipinski definition) is 4. The molecular formula is C17H16FN3O2. The van der Waals surface area contributed by atoms with E-state index in [1.807, 2.05) is 19.2 Å². The van der Waals surface area contributed by atoms with Crippen molar-refractivity contribution in [3.63, 3.8) is 0 Å². The van der Waals surface area contributed by atoms with Crippen LogP contribution in [0.2, 0.25) is 0 Å². The molecule has 0 saturated carbocycles. The van der Waals surface area contributed by atoms with Gasteiger partial charge in [0.1, 0.15) is 18.2 Å². The molecule has 0 aliphatic carbocycles. The van der Waals surface area contributed by atoms with Crippen molar-refractivity contribution < 1.29 is 13.9 Å². The van der Waals surface area contributed by atoms with Crippen LogP contribution in [0, 0.1) is 5.82 Å². The number of aryl methyl sites for hydroxylation is 1. The predicted octanol–water partition coefficient (Wildman–Crippen LogP) is 3.21. The Labute approximate surface area is 133 Å². The monoisotopic (exact) mass is 313 g/mol. The zero-order valence-corrected chi connectivity index (χ0v) is 12.9. The van der Waals surface area contributed by atoms with Crippen LogP contribution in [-0.2, 0) is 13.7 Å². The summed E-state index contributed by atoms with van der Waals surface area (Å²) in [4.78, 5) is 4.11. The number of methoxy groups -OCH3 is 1. The molecule has 0 bridgehead atoms. The molecule has 3 aromatic rings. The average molecular weight is 313 g/mol. The van der Waals surface area contributed by atoms with E-state index in [0.29, 0.717) is 22.9 Å². The number of hydrogen-bond donors (Lipinski definition) is 0. The summed E-state index contributed by atoms with van der Waals surface area (Å²) >= 11 is 0. The second-order valence-electron chi connectivity index (χ2n) is 5.01. The molecular weight excluding hydrogens is 297 g/mol. The second kappa shape index (κ2) is 6.48. The van der Waals surface area contributed by atoms with E-state index in [0.717, 1.165) is 5.56 Å². The number of aromatic nitrogens is 3. The van der Waals surface area contributed by atoms with E-state index >= 15 is 0 Å². The van der Waals surface area contributed by atoms with Crippen LogP contribution in [0.3, 0.4) is 0 Å². The van der Waals surface area contributed by atoms with Gasteiger partial charge in [-0.05, 0) is 30.3 Å². The smallest absolute Gasteiger partial charge is 0.219 e. The third-order valence-electron chi connectivity index (χ3n) is 3.32. The van der Waals surface area contributed by atoms with E-state index in [1.165, 1.54) is 12.1 Å². The van der Waals surface area contributed by atoms with Crippen LogP contribution >= 0.6 is 0 Å². The quantitative estimate of drug-likeness (QED) is 0.726. The third kappa shape index (κ3) is 3.48. The van der Waals surface area contributed by atoms with Gasteiger partial charge < -0.3 is 9.47 Å². The third-order valence-corrected chi connectivity index (χ3v) is 3.32. The predicted molar refractivity (Wildman–Crippen MR) is 83.7 cm³/mol. The lowest BCUT2D eigenvalue weighted by molar-refractivity contribution is 0.292. The van der Waals surface area contributed by atoms with Crippen LogP contribution in [0.4, 0.5) is 4.39 Å². The molecule has 0 atom stereocenters. The summed E-state index contributed by atoms with van der Waals surface area (Å²) in [6.45, 7) is 0.238. The number of halogens is 1. The van der Waals surface area contributed by atoms with Crippen molar-refractivity contribution >= 4 is 0 Å². The lowest BCUT2D eigenvalue weighted by Crippen LogP contribution is -2.00. The van der Waals surface area contributed by atoms with E-state index < -0.39 is 0 Å². The Morgan fingerprint density at radius 2 is 2.09 bits per heavy atom. The highest BCUT2D eigenvalue weighted by atomic mass is 19.1. The highest BCUT2D eigenvalue weighted by molar-refractivity contribution is 5.60. The number of rotatable bonds is 5. The van der Waals surface area contributed by atoms with Gasteiger partial charge in [-0.25, -0.2) is 9.37 Å². The zero-order valence-electron chi connectivity index (χ0n) is 12.9. The van der Waals surface area contributed by atoms with Crippen LogP contribution in [0.1, 0.15) is 5.56 Å². The molecule has 0 aliphatic heterocycles. The summed E-state index contributed by atoms with van der Waals surface area (Å²) in [6.07, 6.45) is 3.45. The average Bonchev–Trinajstić information content (AvgIpc) is 2.99. The SMILES string of the molecule is COc1ncccc1COc1cc(F)cc(-c2ccn(C)n2)c1. The van der Waals surface area contributed by atoms with Crippen LogP contribution in [-0.4, -0.2) is 21.9 Å². The second-order valence-corrected chi connectivity index (χ2v) is 5.01. The number of nitrogens with zero attached hydrogens (tertiary/aromatic N) is 3. The van der Waals surface area contributed by atoms with Gasteiger partial charge in [-0.3, -0.25) is 4.68 Å². The van der Waals surface area contributed by atoms with Gasteiger partial charge in [0.2, 0.25) is 5.88 Å². The summed E-state index contributed by atoms with van der Waals surface area (Å²) in [5.74, 6) is 0.548. The summed E-state index contributed by atoms with van der Waals surface area (Å²) in [6, 6.07) is 10.0. The maximum absolute atomic E-state index is 13.8. The first-order valence-electron chi connectivity index (χ1n) is 7.07. The van der Waals surface area contributed by atoms with E-state index in [9.17, 15) is 4.39 Å². The Morgan fingerprint density at radius 3 is 2.83 bits per heavy atom. The molecule has 23 heavy (non-hydrogen) atoms. The molecule has 1 aromatic carbocycles. The number of pyridine rings is 1. The molecule has 118 valence electrons. The van der Waals surface area contributed by atoms with Crippen molar-refractivity contribution in [1.82, 2.24) is 14.8 Å². The van der Waals surface area contributed by atoms with Gasteiger partial charge in [-0.15, -0.1) is 0 Å². The maximum atomic E-state index is 13.8. The van der Waals surface area contributed by atoms with Crippen LogP contribution in [0.5, 0.6) is 11.6 Å². The van der Waals surface area contributed by atoms with Gasteiger partial charge in [0.15, 0.2) is 0 Å². The van der Waals surface area contributed by atoms with Crippen LogP contribution < -0.4 is 9.47 Å². The standard InChI is InChI=1S/C17H16FN3O2/c1-21-7-5-16(20-21)13-8-14(18)10-15(9-13)23-11-12-4-3-6-19-17(12)22-2/h3-10H,11H2,1-2H3. The molecule has 0 fully saturated rings. The van der Waals surface area contributed by atoms with Gasteiger partial charge in [0.25, 0.3) is 0 Å². The van der Waals surface area contributed by atoms with Gasteiger partial charge in [-0.2, -0.15) is 5.10 Å². The summed E-state index contributed by atoms with van der Waals surface area (Å²) in [5.41, 5.74) is 2.15. The molecule has 0 N–H and O–H groups in total. The van der Waals surface area contributed by atoms with Gasteiger partial charge in [0.05, 0.1) is 18.4 Å². The first kappa shape index (κ1) is 15.0. The molecule has 0 saturated heterocycles. The molecule has 2 aromatic heterocycles. The molecule has 0 aliphatic rings. The van der Waals surface area contributed by atoms with E-state index in [-0.39, 0.29) is 12.4 Å². The fourth-order valence-corrected chi connectivity index (χ4v) is 2.24. The highest BCUT2D eigenvalue weighted by Gasteiger charge is 2.09. The fourth-order valence-electron chi connectivity index (χ4n) is 2.24. The normalized spacial score (nSPS) is 10.6. The Hall–Kier alpha value is -2.89. The van der Waals surface area contributed by atoms with Gasteiger partial charge in [0, 0.05) is 31.1 Å². The fraction of sp³-hybridized carbons (Fsp3) is 0.176. The molecule has 5 nitrogen and oxygen atoms in total. The summed E-state index contributed by atoms with van der Waals surface area (Å²) in [5, 5.41) is 4.27. The minimum atomic E-state index is -0.374. The van der Waals surface area contributed by atoms with Crippen LogP contribution in [0.25, 0.3) is 11.3 Å².